The van der Waals surface area contributed by atoms with Crippen molar-refractivity contribution < 1.29 is 4.79 Å². The van der Waals surface area contributed by atoms with Crippen LogP contribution in [0.3, 0.4) is 0 Å². The van der Waals surface area contributed by atoms with Crippen molar-refractivity contribution in [1.29, 1.82) is 0 Å². The molecule has 0 saturated heterocycles. The first kappa shape index (κ1) is 38.7. The van der Waals surface area contributed by atoms with Gasteiger partial charge in [0.05, 0.1) is 0 Å². The summed E-state index contributed by atoms with van der Waals surface area (Å²) in [5.74, 6) is 26.4. The fourth-order valence-electron chi connectivity index (χ4n) is 7.34. The standard InChI is InChI=1S/C61H36O/c62-61-59(55-25-13-23-51(43-55)33-31-47-19-9-3-10-20-47)57(53-39-35-49(36-40-53)29-27-45-15-5-1-6-16-45)58(54-41-37-50(38-42-54)30-28-46-17-7-2-8-18-46)60(61)56-26-14-24-52(44-56)34-32-48-21-11-4-12-22-48/h1-26,35-44H. The molecule has 8 aromatic carbocycles. The van der Waals surface area contributed by atoms with Gasteiger partial charge in [0.25, 0.3) is 0 Å². The van der Waals surface area contributed by atoms with Crippen molar-refractivity contribution in [3.63, 3.8) is 0 Å². The van der Waals surface area contributed by atoms with Gasteiger partial charge >= 0.3 is 0 Å². The first-order valence-electron chi connectivity index (χ1n) is 20.4. The second-order valence-corrected chi connectivity index (χ2v) is 14.6. The summed E-state index contributed by atoms with van der Waals surface area (Å²) in [6, 6.07) is 72.1. The Labute approximate surface area is 363 Å². The maximum atomic E-state index is 15.5. The zero-order valence-corrected chi connectivity index (χ0v) is 33.7. The topological polar surface area (TPSA) is 17.1 Å². The number of carbonyl (C=O) groups excluding carboxylic acids is 1. The van der Waals surface area contributed by atoms with E-state index in [1.165, 1.54) is 0 Å². The minimum absolute atomic E-state index is 0.0720. The highest BCUT2D eigenvalue weighted by Crippen LogP contribution is 2.50. The number of Topliss-reactive ketones (excluding diaryl/α,β-unsaturated/α-hetero) is 1. The van der Waals surface area contributed by atoms with Gasteiger partial charge in [-0.3, -0.25) is 4.79 Å². The van der Waals surface area contributed by atoms with Crippen LogP contribution in [0.25, 0.3) is 22.3 Å². The lowest BCUT2D eigenvalue weighted by Crippen LogP contribution is -2.02. The predicted molar refractivity (Wildman–Crippen MR) is 254 cm³/mol. The lowest BCUT2D eigenvalue weighted by Gasteiger charge is -2.14. The van der Waals surface area contributed by atoms with Gasteiger partial charge in [-0.05, 0) is 119 Å². The van der Waals surface area contributed by atoms with E-state index < -0.39 is 0 Å². The Morgan fingerprint density at radius 2 is 0.468 bits per heavy atom. The lowest BCUT2D eigenvalue weighted by atomic mass is 9.88. The number of ketones is 1. The van der Waals surface area contributed by atoms with Crippen LogP contribution in [0.15, 0.2) is 218 Å². The smallest absolute Gasteiger partial charge is 0.195 e. The van der Waals surface area contributed by atoms with Gasteiger partial charge in [0, 0.05) is 66.8 Å². The minimum atomic E-state index is -0.0720. The summed E-state index contributed by atoms with van der Waals surface area (Å²) in [6.07, 6.45) is 0. The summed E-state index contributed by atoms with van der Waals surface area (Å²) in [6.45, 7) is 0. The van der Waals surface area contributed by atoms with Crippen LogP contribution < -0.4 is 0 Å². The van der Waals surface area contributed by atoms with Crippen LogP contribution >= 0.6 is 0 Å². The third-order valence-corrected chi connectivity index (χ3v) is 10.4. The summed E-state index contributed by atoms with van der Waals surface area (Å²) < 4.78 is 0. The molecule has 0 heterocycles. The summed E-state index contributed by atoms with van der Waals surface area (Å²) in [4.78, 5) is 15.5. The number of hydrogen-bond donors (Lipinski definition) is 0. The van der Waals surface area contributed by atoms with E-state index >= 15 is 4.79 Å². The Morgan fingerprint density at radius 1 is 0.210 bits per heavy atom. The Hall–Kier alpha value is -8.85. The van der Waals surface area contributed by atoms with Crippen LogP contribution in [-0.4, -0.2) is 5.78 Å². The molecule has 62 heavy (non-hydrogen) atoms. The van der Waals surface area contributed by atoms with Gasteiger partial charge in [-0.2, -0.15) is 0 Å². The molecule has 0 N–H and O–H groups in total. The highest BCUT2D eigenvalue weighted by atomic mass is 16.1. The Balaban J connectivity index is 1.22. The second kappa shape index (κ2) is 18.4. The maximum Gasteiger partial charge on any atom is 0.195 e. The molecule has 0 amide bonds. The second-order valence-electron chi connectivity index (χ2n) is 14.6. The summed E-state index contributed by atoms with van der Waals surface area (Å²) in [5, 5.41) is 0. The van der Waals surface area contributed by atoms with Crippen LogP contribution in [0, 0.1) is 47.4 Å². The summed E-state index contributed by atoms with van der Waals surface area (Å²) in [7, 11) is 0. The molecule has 8 aromatic rings. The highest BCUT2D eigenvalue weighted by molar-refractivity contribution is 6.59. The van der Waals surface area contributed by atoms with Crippen molar-refractivity contribution in [3.05, 3.63) is 285 Å². The van der Waals surface area contributed by atoms with Crippen molar-refractivity contribution in [2.45, 2.75) is 0 Å². The Bertz CT molecular complexity index is 3030. The maximum absolute atomic E-state index is 15.5. The van der Waals surface area contributed by atoms with Crippen molar-refractivity contribution >= 4 is 28.1 Å². The Morgan fingerprint density at radius 3 is 0.774 bits per heavy atom. The molecule has 1 heteroatoms. The van der Waals surface area contributed by atoms with Gasteiger partial charge in [0.1, 0.15) is 0 Å². The quantitative estimate of drug-likeness (QED) is 0.162. The fourth-order valence-corrected chi connectivity index (χ4v) is 7.34. The zero-order valence-electron chi connectivity index (χ0n) is 33.7. The number of carbonyl (C=O) groups is 1. The van der Waals surface area contributed by atoms with E-state index in [-0.39, 0.29) is 5.78 Å². The fraction of sp³-hybridized carbons (Fsp3) is 0. The molecular weight excluding hydrogens is 749 g/mol. The van der Waals surface area contributed by atoms with Gasteiger partial charge in [0.15, 0.2) is 5.78 Å². The number of hydrogen-bond acceptors (Lipinski definition) is 1. The van der Waals surface area contributed by atoms with E-state index in [4.69, 9.17) is 0 Å². The molecule has 0 atom stereocenters. The molecule has 9 rings (SSSR count). The molecule has 0 saturated carbocycles. The molecule has 0 spiro atoms. The van der Waals surface area contributed by atoms with E-state index in [9.17, 15) is 0 Å². The van der Waals surface area contributed by atoms with Gasteiger partial charge in [-0.1, -0.05) is 169 Å². The van der Waals surface area contributed by atoms with Crippen LogP contribution in [-0.2, 0) is 4.79 Å². The van der Waals surface area contributed by atoms with E-state index in [1.807, 2.05) is 194 Å². The van der Waals surface area contributed by atoms with Crippen LogP contribution in [0.5, 0.6) is 0 Å². The van der Waals surface area contributed by atoms with Gasteiger partial charge in [-0.15, -0.1) is 0 Å². The van der Waals surface area contributed by atoms with Crippen LogP contribution in [0.2, 0.25) is 0 Å². The molecular formula is C61H36O. The number of allylic oxidation sites excluding steroid dienone is 4. The number of rotatable bonds is 4. The van der Waals surface area contributed by atoms with Crippen molar-refractivity contribution in [2.75, 3.05) is 0 Å². The predicted octanol–water partition coefficient (Wildman–Crippen LogP) is 12.4. The van der Waals surface area contributed by atoms with Gasteiger partial charge in [0.2, 0.25) is 0 Å². The molecule has 1 aliphatic rings. The molecule has 0 bridgehead atoms. The molecule has 286 valence electrons. The molecule has 0 aromatic heterocycles. The molecule has 0 unspecified atom stereocenters. The van der Waals surface area contributed by atoms with E-state index in [0.29, 0.717) is 11.1 Å². The van der Waals surface area contributed by atoms with Crippen molar-refractivity contribution in [2.24, 2.45) is 0 Å². The number of benzene rings is 8. The van der Waals surface area contributed by atoms with Crippen LogP contribution in [0.4, 0.5) is 0 Å². The SMILES string of the molecule is O=C1C(c2cccc(C#Cc3ccccc3)c2)=C(c2ccc(C#Cc3ccccc3)cc2)C(c2ccc(C#Cc3ccccc3)cc2)=C1c1cccc(C#Cc2ccccc2)c1. The Kier molecular flexibility index (Phi) is 11.5. The molecule has 1 aliphatic carbocycles. The molecule has 0 radical (unpaired) electrons. The third kappa shape index (κ3) is 9.06. The largest absolute Gasteiger partial charge is 0.289 e. The van der Waals surface area contributed by atoms with E-state index in [0.717, 1.165) is 77.9 Å². The molecule has 1 nitrogen and oxygen atoms in total. The molecule has 0 aliphatic heterocycles. The van der Waals surface area contributed by atoms with E-state index in [1.54, 1.807) is 0 Å². The van der Waals surface area contributed by atoms with Gasteiger partial charge < -0.3 is 0 Å². The van der Waals surface area contributed by atoms with Crippen molar-refractivity contribution in [1.82, 2.24) is 0 Å². The molecule has 0 fully saturated rings. The van der Waals surface area contributed by atoms with Crippen LogP contribution in [0.1, 0.15) is 66.8 Å². The monoisotopic (exact) mass is 784 g/mol. The lowest BCUT2D eigenvalue weighted by molar-refractivity contribution is -0.108. The third-order valence-electron chi connectivity index (χ3n) is 10.4. The van der Waals surface area contributed by atoms with Gasteiger partial charge in [-0.25, -0.2) is 0 Å². The minimum Gasteiger partial charge on any atom is -0.289 e. The zero-order chi connectivity index (χ0) is 41.9. The van der Waals surface area contributed by atoms with Crippen molar-refractivity contribution in [3.8, 4) is 47.4 Å². The first-order valence-corrected chi connectivity index (χ1v) is 20.4. The summed E-state index contributed by atoms with van der Waals surface area (Å²) >= 11 is 0. The average molecular weight is 785 g/mol. The first-order chi connectivity index (χ1) is 30.6. The highest BCUT2D eigenvalue weighted by Gasteiger charge is 2.35. The summed E-state index contributed by atoms with van der Waals surface area (Å²) in [5.41, 5.74) is 13.4. The average Bonchev–Trinajstić information content (AvgIpc) is 3.65. The normalized spacial score (nSPS) is 11.6. The van der Waals surface area contributed by atoms with E-state index in [2.05, 4.69) is 71.6 Å².